The Morgan fingerprint density at radius 2 is 0.857 bits per heavy atom. The first-order valence-corrected chi connectivity index (χ1v) is 43.0. The van der Waals surface area contributed by atoms with Gasteiger partial charge in [-0.15, -0.1) is 0 Å². The molecule has 1 atom stereocenters. The maximum absolute atomic E-state index is 12.8. The molecule has 0 aliphatic carbocycles. The Morgan fingerprint density at radius 3 is 1.33 bits per heavy atom. The Kier molecular flexibility index (Phi) is 33.6. The van der Waals surface area contributed by atoms with Crippen molar-refractivity contribution in [3.63, 3.8) is 0 Å². The summed E-state index contributed by atoms with van der Waals surface area (Å²) in [5.41, 5.74) is 6.10. The molecule has 30 nitrogen and oxygen atoms in total. The number of unbranched alkanes of at least 4 members (excludes halogenated alkanes) is 1. The number of carbonyl (C=O) groups excluding carboxylic acids is 5. The lowest BCUT2D eigenvalue weighted by molar-refractivity contribution is 0.0360. The van der Waals surface area contributed by atoms with E-state index in [0.29, 0.717) is 123 Å². The third-order valence-electron chi connectivity index (χ3n) is 19.9. The zero-order valence-electron chi connectivity index (χ0n) is 73.6. The first-order chi connectivity index (χ1) is 60.1. The van der Waals surface area contributed by atoms with E-state index in [9.17, 15) is 42.6 Å². The molecule has 0 saturated carbocycles. The van der Waals surface area contributed by atoms with Crippen LogP contribution >= 0.6 is 0 Å². The molecule has 14 rings (SSSR count). The summed E-state index contributed by atoms with van der Waals surface area (Å²) in [5, 5.41) is 37.9. The predicted molar refractivity (Wildman–Crippen MR) is 482 cm³/mol. The van der Waals surface area contributed by atoms with E-state index in [1.165, 1.54) is 35.0 Å². The lowest BCUT2D eigenvalue weighted by Crippen LogP contribution is -2.30. The van der Waals surface area contributed by atoms with Crippen LogP contribution in [0.25, 0.3) is 75.9 Å². The van der Waals surface area contributed by atoms with Crippen LogP contribution in [0.2, 0.25) is 0 Å². The van der Waals surface area contributed by atoms with Gasteiger partial charge in [0.15, 0.2) is 11.6 Å². The van der Waals surface area contributed by atoms with Gasteiger partial charge in [-0.3, -0.25) is 0 Å². The average molecular weight is 1740 g/mol. The summed E-state index contributed by atoms with van der Waals surface area (Å²) < 4.78 is 61.2. The first kappa shape index (κ1) is 96.5. The molecule has 0 saturated heterocycles. The Bertz CT molecular complexity index is 6280. The fraction of sp³-hybridized carbons (Fsp3) is 0.358. The van der Waals surface area contributed by atoms with E-state index in [1.54, 1.807) is 92.7 Å². The molecule has 0 aliphatic heterocycles. The van der Waals surface area contributed by atoms with Crippen molar-refractivity contribution in [3.05, 3.63) is 264 Å². The summed E-state index contributed by atoms with van der Waals surface area (Å²) in [7, 11) is -3.76. The summed E-state index contributed by atoms with van der Waals surface area (Å²) >= 11 is 0. The number of aryl methyl sites for hydroxylation is 2. The van der Waals surface area contributed by atoms with Crippen molar-refractivity contribution in [2.75, 3.05) is 19.8 Å². The number of benzene rings is 8. The lowest BCUT2D eigenvalue weighted by atomic mass is 10.0. The Balaban J connectivity index is 0.000000171. The van der Waals surface area contributed by atoms with Crippen molar-refractivity contribution < 1.29 is 76.5 Å². The second kappa shape index (κ2) is 43.8. The van der Waals surface area contributed by atoms with Crippen molar-refractivity contribution in [3.8, 4) is 5.75 Å². The lowest BCUT2D eigenvalue weighted by Gasteiger charge is -2.23. The number of aromatic nitrogens is 12. The quantitative estimate of drug-likeness (QED) is 0.0362. The number of para-hydroxylation sites is 11. The maximum atomic E-state index is 12.8. The fourth-order valence-electron chi connectivity index (χ4n) is 12.9. The van der Waals surface area contributed by atoms with Gasteiger partial charge >= 0.3 is 30.5 Å². The number of fused-ring (bicyclic) bond motifs is 6. The Labute approximate surface area is 732 Å². The first-order valence-electron chi connectivity index (χ1n) is 41.6. The number of carbonyl (C=O) groups is 5. The van der Waals surface area contributed by atoms with Crippen LogP contribution in [0.15, 0.2) is 205 Å². The molecule has 4 N–H and O–H groups in total. The highest BCUT2D eigenvalue weighted by Gasteiger charge is 2.32. The van der Waals surface area contributed by atoms with Crippen molar-refractivity contribution in [1.82, 2.24) is 56.7 Å². The highest BCUT2D eigenvalue weighted by atomic mass is 32.2. The number of hydrogen-bond acceptors (Lipinski definition) is 22. The average Bonchev–Trinajstić information content (AvgIpc) is 1.51. The minimum absolute atomic E-state index is 0.0264. The number of nitrogens with zero attached hydrogens (tertiary/aromatic N) is 14. The molecule has 6 aromatic heterocycles. The van der Waals surface area contributed by atoms with Crippen LogP contribution in [0, 0.1) is 26.0 Å². The van der Waals surface area contributed by atoms with Crippen molar-refractivity contribution in [2.45, 2.75) is 202 Å². The molecule has 0 bridgehead atoms. The van der Waals surface area contributed by atoms with Crippen LogP contribution in [0.4, 0.5) is 24.0 Å². The highest BCUT2D eigenvalue weighted by molar-refractivity contribution is 7.90. The van der Waals surface area contributed by atoms with Gasteiger partial charge in [-0.2, -0.15) is 0 Å². The summed E-state index contributed by atoms with van der Waals surface area (Å²) in [6.07, 6.45) is 4.74. The van der Waals surface area contributed by atoms with Crippen LogP contribution in [0.5, 0.6) is 5.75 Å². The van der Waals surface area contributed by atoms with Crippen LogP contribution in [-0.4, -0.2) is 153 Å². The van der Waals surface area contributed by atoms with Crippen molar-refractivity contribution >= 4 is 107 Å². The van der Waals surface area contributed by atoms with Gasteiger partial charge in [-0.25, -0.2) is 102 Å². The van der Waals surface area contributed by atoms with Gasteiger partial charge in [0.1, 0.15) is 52.2 Å². The van der Waals surface area contributed by atoms with E-state index in [-0.39, 0.29) is 43.6 Å². The van der Waals surface area contributed by atoms with Gasteiger partial charge in [0, 0.05) is 19.4 Å². The molecule has 0 amide bonds. The minimum atomic E-state index is -3.76. The van der Waals surface area contributed by atoms with Gasteiger partial charge in [0.2, 0.25) is 5.82 Å². The van der Waals surface area contributed by atoms with E-state index in [0.717, 1.165) is 58.2 Å². The molecule has 0 spiro atoms. The van der Waals surface area contributed by atoms with Gasteiger partial charge in [-0.1, -0.05) is 150 Å². The number of aliphatic hydroxyl groups excluding tert-OH is 3. The molecule has 14 aromatic rings. The minimum Gasteiger partial charge on any atom is -0.449 e. The molecule has 126 heavy (non-hydrogen) atoms. The van der Waals surface area contributed by atoms with Crippen LogP contribution in [-0.2, 0) is 67.1 Å². The van der Waals surface area contributed by atoms with E-state index < -0.39 is 62.9 Å². The molecule has 0 radical (unpaired) electrons. The van der Waals surface area contributed by atoms with Gasteiger partial charge < -0.3 is 53.8 Å². The standard InChI is InChI=1S/C19H28N2O3.C16H11N3O2.C16H22N2O3.C15H11N3O2S.C15H20N2O3.C14H18N2O3/c1-5-7-10-14(6-2)13-24-18(22)21-16-12-9-8-11-15(16)20-17(21)19(3,4)23;1-17-11-15-18-13-9-5-6-10-14(13)19(15)16(20)21-12-7-3-2-4-8-12;1-4-16(2,3)21-15(20)18-13-9-6-5-8-12(13)17-14(18)10-7-11-19;1-16-11-15-17-13-9-5-6-10-14(13)18(15)21(19,20)12-7-3-2-4-8-12;1-5-15(3,4)20-14(19)17-12-7-6-10(2)8-11(12)16-13(17)9-18;1-14(2,3)19-13(18)16-11-7-5-4-6-10(11)15-12(16)8-9-17/h8-9,11-12,14,23H,5-7,10,13H2,1-4H3;2-10H,11H2;5-6,8-9,19H,4,7,10-11H2,1-3H3;2-10H,11H2;6-8,18H,5,9H2,1-4H3;4-7,17H,8-9H2,1-3H3. The van der Waals surface area contributed by atoms with Crippen LogP contribution in [0.3, 0.4) is 0 Å². The molecular formula is C95H110N14O16S. The second-order valence-corrected chi connectivity index (χ2v) is 33.8. The number of hydrogen-bond donors (Lipinski definition) is 4. The third-order valence-corrected chi connectivity index (χ3v) is 21.6. The number of aliphatic hydroxyl groups is 4. The zero-order valence-corrected chi connectivity index (χ0v) is 74.4. The van der Waals surface area contributed by atoms with Crippen LogP contribution in [0.1, 0.15) is 175 Å². The highest BCUT2D eigenvalue weighted by Crippen LogP contribution is 2.30. The van der Waals surface area contributed by atoms with E-state index >= 15 is 0 Å². The molecule has 662 valence electrons. The second-order valence-electron chi connectivity index (χ2n) is 32.0. The van der Waals surface area contributed by atoms with Crippen molar-refractivity contribution in [1.29, 1.82) is 0 Å². The monoisotopic (exact) mass is 1730 g/mol. The topological polar surface area (TPSA) is 362 Å². The molecule has 6 heterocycles. The number of rotatable bonds is 22. The number of ether oxygens (including phenoxy) is 5. The van der Waals surface area contributed by atoms with Crippen LogP contribution < -0.4 is 4.74 Å². The van der Waals surface area contributed by atoms with Crippen molar-refractivity contribution in [2.24, 2.45) is 5.92 Å². The molecular weight excluding hydrogens is 1630 g/mol. The summed E-state index contributed by atoms with van der Waals surface area (Å²) in [5.74, 6) is 3.17. The summed E-state index contributed by atoms with van der Waals surface area (Å²) in [6, 6.07) is 58.9. The summed E-state index contributed by atoms with van der Waals surface area (Å²) in [6.45, 7) is 40.3. The largest absolute Gasteiger partial charge is 0.449 e. The molecule has 0 aliphatic rings. The van der Waals surface area contributed by atoms with E-state index in [2.05, 4.69) is 53.4 Å². The third kappa shape index (κ3) is 24.8. The molecule has 31 heteroatoms. The SMILES string of the molecule is CC(C)(C)OC(=O)n1c(CCO)nc2ccccc21.CCC(C)(C)OC(=O)n1c(CCCO)nc2ccccc21.CCC(C)(C)OC(=O)n1c(CO)nc2cc(C)ccc21.CCCCC(CC)COC(=O)n1c(C(C)(C)O)nc2ccccc21.[C-]#[N+]Cc1nc2ccccc2n1C(=O)Oc1ccccc1.[C-]#[N+]Cc1nc2ccccc2n1S(=O)(=O)c1ccccc1. The Morgan fingerprint density at radius 1 is 0.444 bits per heavy atom. The molecule has 0 fully saturated rings. The molecule has 1 unspecified atom stereocenters. The van der Waals surface area contributed by atoms with Gasteiger partial charge in [0.25, 0.3) is 23.1 Å². The zero-order chi connectivity index (χ0) is 91.7. The summed E-state index contributed by atoms with van der Waals surface area (Å²) in [4.78, 5) is 95.0. The molecule has 8 aromatic carbocycles. The van der Waals surface area contributed by atoms with E-state index in [4.69, 9.17) is 47.0 Å². The Hall–Kier alpha value is -13.3. The van der Waals surface area contributed by atoms with E-state index in [1.807, 2.05) is 178 Å². The normalized spacial score (nSPS) is 11.7. The maximum Gasteiger partial charge on any atom is 0.425 e. The predicted octanol–water partition coefficient (Wildman–Crippen LogP) is 19.2. The number of imidazole rings is 6. The fourth-order valence-corrected chi connectivity index (χ4v) is 14.4. The van der Waals surface area contributed by atoms with Gasteiger partial charge in [-0.05, 0) is 203 Å². The smallest absolute Gasteiger partial charge is 0.425 e. The van der Waals surface area contributed by atoms with Gasteiger partial charge in [0.05, 0.1) is 84.3 Å².